The maximum Gasteiger partial charge on any atom is 0.305 e. The summed E-state index contributed by atoms with van der Waals surface area (Å²) in [5.74, 6) is -2.62. The molecule has 0 aromatic rings. The van der Waals surface area contributed by atoms with Gasteiger partial charge in [0, 0.05) is 0 Å². The molecule has 21 fully saturated rings. The minimum atomic E-state index is -2.27. The predicted octanol–water partition coefficient (Wildman–Crippen LogP) is -14.2. The smallest absolute Gasteiger partial charge is 0.305 e. The van der Waals surface area contributed by atoms with Gasteiger partial charge in [0.1, 0.15) is 171 Å². The average Bonchev–Trinajstić information content (AvgIpc) is 3.41. The molecule has 39 heteroatoms. The van der Waals surface area contributed by atoms with Crippen molar-refractivity contribution in [3.8, 4) is 0 Å². The Morgan fingerprint density at radius 3 is 0.575 bits per heavy atom. The SMILES string of the molecule is O=C(O)CCOCC1OC2OC3C(CO)OC(OC4C(CO)OC(OC5C(COCCC(=O)O)OC(OC6C(CO)OC(OC7C(CO)OC(OC8C(CO)OC(OC1C(O)C2O)C(O)C8O)C(O)C7O)C(O)C6O)C(O)C5O)C(O)C4O)C(O)C3O. The van der Waals surface area contributed by atoms with Gasteiger partial charge < -0.3 is 183 Å². The molecule has 0 aliphatic carbocycles. The Balaban J connectivity index is 1.11. The van der Waals surface area contributed by atoms with E-state index in [1.54, 1.807) is 0 Å². The van der Waals surface area contributed by atoms with E-state index in [1.165, 1.54) is 0 Å². The average molecular weight is 1280 g/mol. The molecule has 0 saturated carbocycles. The first-order valence-corrected chi connectivity index (χ1v) is 27.7. The van der Waals surface area contributed by atoms with Crippen molar-refractivity contribution in [2.75, 3.05) is 59.5 Å². The van der Waals surface area contributed by atoms with Crippen molar-refractivity contribution >= 4 is 11.9 Å². The van der Waals surface area contributed by atoms with Crippen LogP contribution in [0.3, 0.4) is 0 Å². The molecule has 39 nitrogen and oxygen atoms in total. The number of hydrogen-bond donors (Lipinski definition) is 21. The fraction of sp³-hybridized carbons (Fsp3) is 0.958. The van der Waals surface area contributed by atoms with Gasteiger partial charge in [-0.1, -0.05) is 0 Å². The Morgan fingerprint density at radius 2 is 0.414 bits per heavy atom. The topological polar surface area (TPSA) is 607 Å². The van der Waals surface area contributed by atoms with Crippen molar-refractivity contribution in [1.29, 1.82) is 0 Å². The van der Waals surface area contributed by atoms with Gasteiger partial charge in [-0.05, 0) is 0 Å². The predicted molar refractivity (Wildman–Crippen MR) is 260 cm³/mol. The number of aliphatic carboxylic acids is 2. The number of carboxylic acids is 2. The van der Waals surface area contributed by atoms with E-state index in [0.717, 1.165) is 0 Å². The first kappa shape index (κ1) is 70.4. The van der Waals surface area contributed by atoms with Crippen LogP contribution in [0.15, 0.2) is 0 Å². The van der Waals surface area contributed by atoms with Crippen LogP contribution in [-0.2, 0) is 85.4 Å². The minimum Gasteiger partial charge on any atom is -0.481 e. The molecule has 21 saturated heterocycles. The van der Waals surface area contributed by atoms with Crippen molar-refractivity contribution < 1.29 is 193 Å². The van der Waals surface area contributed by atoms with E-state index in [4.69, 9.17) is 75.8 Å². The van der Waals surface area contributed by atoms with Gasteiger partial charge in [0.25, 0.3) is 0 Å². The quantitative estimate of drug-likeness (QED) is 0.0677. The van der Waals surface area contributed by atoms with Crippen LogP contribution < -0.4 is 0 Å². The highest BCUT2D eigenvalue weighted by Gasteiger charge is 2.59. The summed E-state index contributed by atoms with van der Waals surface area (Å²) in [6, 6.07) is 0. The Morgan fingerprint density at radius 1 is 0.253 bits per heavy atom. The summed E-state index contributed by atoms with van der Waals surface area (Å²) in [5.41, 5.74) is 0. The summed E-state index contributed by atoms with van der Waals surface area (Å²) in [6.45, 7) is -7.89. The highest BCUT2D eigenvalue weighted by Crippen LogP contribution is 2.39. The summed E-state index contributed by atoms with van der Waals surface area (Å²) in [6.07, 6.45) is -73.2. The maximum atomic E-state index is 11.6. The van der Waals surface area contributed by atoms with E-state index in [9.17, 15) is 117 Å². The van der Waals surface area contributed by atoms with E-state index >= 15 is 0 Å². The van der Waals surface area contributed by atoms with E-state index in [0.29, 0.717) is 0 Å². The zero-order valence-electron chi connectivity index (χ0n) is 45.7. The van der Waals surface area contributed by atoms with Gasteiger partial charge >= 0.3 is 11.9 Å². The van der Waals surface area contributed by atoms with Crippen molar-refractivity contribution in [2.45, 2.75) is 228 Å². The third kappa shape index (κ3) is 15.5. The van der Waals surface area contributed by atoms with Gasteiger partial charge in [-0.3, -0.25) is 9.59 Å². The molecule has 21 heterocycles. The van der Waals surface area contributed by atoms with Crippen LogP contribution in [0.2, 0.25) is 0 Å². The Hall–Kier alpha value is -2.46. The molecule has 504 valence electrons. The molecular weight excluding hydrogens is 1200 g/mol. The highest BCUT2D eigenvalue weighted by atomic mass is 16.8. The van der Waals surface area contributed by atoms with Crippen molar-refractivity contribution in [3.05, 3.63) is 0 Å². The molecule has 21 N–H and O–H groups in total. The Labute approximate surface area is 491 Å². The molecule has 14 bridgehead atoms. The van der Waals surface area contributed by atoms with Crippen LogP contribution in [0.1, 0.15) is 12.8 Å². The summed E-state index contributed by atoms with van der Waals surface area (Å²) >= 11 is 0. The standard InChI is InChI=1S/C48H78O39/c49-5-12-35-21(58)28(65)42(74-12)82-36-13(6-50)77-45(31(68)24(36)61)86-40-17(10-72-3-1-19(54)55)80-48(34(71)27(40)64)85-39-16(9-53)76-44(30(67)23(39)60)83-37-14(7-51)78-46(32(69)25(37)62)87-41-18(11-73-4-2-20(56)57)79-47(33(70)26(41)63)84-38-15(8-52)75-43(81-35)29(66)22(38)59/h12-18,21-53,58-71H,1-11H2,(H,54,55)(H,56,57). The molecule has 0 spiro atoms. The molecule has 21 rings (SSSR count). The normalized spacial score (nSPS) is 50.3. The number of aliphatic hydroxyl groups excluding tert-OH is 19. The second-order valence-corrected chi connectivity index (χ2v) is 21.7. The maximum absolute atomic E-state index is 11.6. The van der Waals surface area contributed by atoms with Crippen LogP contribution in [0.4, 0.5) is 0 Å². The van der Waals surface area contributed by atoms with Gasteiger partial charge in [0.2, 0.25) is 0 Å². The van der Waals surface area contributed by atoms with E-state index in [-0.39, 0.29) is 0 Å². The van der Waals surface area contributed by atoms with Gasteiger partial charge in [0.15, 0.2) is 44.0 Å². The van der Waals surface area contributed by atoms with Crippen LogP contribution in [0.25, 0.3) is 0 Å². The van der Waals surface area contributed by atoms with Crippen LogP contribution in [-0.4, -0.2) is 394 Å². The highest BCUT2D eigenvalue weighted by molar-refractivity contribution is 5.67. The lowest BCUT2D eigenvalue weighted by Gasteiger charge is -2.50. The third-order valence-electron chi connectivity index (χ3n) is 15.9. The molecule has 87 heavy (non-hydrogen) atoms. The third-order valence-corrected chi connectivity index (χ3v) is 15.9. The Kier molecular flexibility index (Phi) is 25.1. The van der Waals surface area contributed by atoms with Gasteiger partial charge in [0.05, 0.1) is 72.3 Å². The number of ether oxygens (including phenoxy) is 16. The fourth-order valence-electron chi connectivity index (χ4n) is 11.1. The second-order valence-electron chi connectivity index (χ2n) is 21.7. The molecule has 0 radical (unpaired) electrons. The van der Waals surface area contributed by atoms with E-state index in [1.807, 2.05) is 0 Å². The van der Waals surface area contributed by atoms with Crippen LogP contribution >= 0.6 is 0 Å². The summed E-state index contributed by atoms with van der Waals surface area (Å²) in [7, 11) is 0. The number of carboxylic acid groups (broad SMARTS) is 2. The number of carbonyl (C=O) groups is 2. The van der Waals surface area contributed by atoms with Crippen LogP contribution in [0.5, 0.6) is 0 Å². The first-order chi connectivity index (χ1) is 41.4. The zero-order chi connectivity index (χ0) is 63.5. The molecule has 0 amide bonds. The summed E-state index contributed by atoms with van der Waals surface area (Å²) < 4.78 is 91.9. The molecule has 0 aromatic heterocycles. The molecule has 21 aliphatic heterocycles. The van der Waals surface area contributed by atoms with Crippen LogP contribution in [0, 0.1) is 0 Å². The molecule has 35 atom stereocenters. The summed E-state index contributed by atoms with van der Waals surface area (Å²) in [4.78, 5) is 22.6. The van der Waals surface area contributed by atoms with Crippen molar-refractivity contribution in [1.82, 2.24) is 0 Å². The lowest BCUT2D eigenvalue weighted by Crippen LogP contribution is -2.68. The zero-order valence-corrected chi connectivity index (χ0v) is 45.7. The largest absolute Gasteiger partial charge is 0.481 e. The van der Waals surface area contributed by atoms with Crippen molar-refractivity contribution in [2.24, 2.45) is 0 Å². The number of aliphatic hydroxyl groups is 19. The summed E-state index contributed by atoms with van der Waals surface area (Å²) in [5, 5.41) is 232. The molecule has 35 unspecified atom stereocenters. The fourth-order valence-corrected chi connectivity index (χ4v) is 11.1. The molecule has 21 aliphatic rings. The number of rotatable bonds is 15. The second kappa shape index (κ2) is 31.0. The van der Waals surface area contributed by atoms with Gasteiger partial charge in [-0.2, -0.15) is 0 Å². The van der Waals surface area contributed by atoms with Crippen molar-refractivity contribution in [3.63, 3.8) is 0 Å². The Bertz CT molecular complexity index is 2110. The van der Waals surface area contributed by atoms with E-state index < -0.39 is 299 Å². The monoisotopic (exact) mass is 1280 g/mol. The lowest BCUT2D eigenvalue weighted by atomic mass is 9.95. The number of hydrogen-bond acceptors (Lipinski definition) is 37. The van der Waals surface area contributed by atoms with E-state index in [2.05, 4.69) is 0 Å². The van der Waals surface area contributed by atoms with Gasteiger partial charge in [-0.15, -0.1) is 0 Å². The minimum absolute atomic E-state index is 0.499. The molecular formula is C48H78O39. The lowest BCUT2D eigenvalue weighted by molar-refractivity contribution is -0.397. The molecule has 0 aromatic carbocycles. The van der Waals surface area contributed by atoms with Gasteiger partial charge in [-0.25, -0.2) is 0 Å². The first-order valence-electron chi connectivity index (χ1n) is 27.7.